The number of ketones is 1. The van der Waals surface area contributed by atoms with Crippen LogP contribution in [0.25, 0.3) is 0 Å². The third-order valence-corrected chi connectivity index (χ3v) is 8.33. The predicted molar refractivity (Wildman–Crippen MR) is 90.8 cm³/mol. The number of aliphatic hydroxyl groups excluding tert-OH is 2. The van der Waals surface area contributed by atoms with Crippen LogP contribution in [0.5, 0.6) is 0 Å². The highest BCUT2D eigenvalue weighted by molar-refractivity contribution is 5.85. The lowest BCUT2D eigenvalue weighted by Crippen LogP contribution is -2.62. The zero-order valence-electron chi connectivity index (χ0n) is 15.0. The Hall–Kier alpha value is -0.670. The fourth-order valence-corrected chi connectivity index (χ4v) is 6.37. The molecule has 0 saturated heterocycles. The zero-order valence-corrected chi connectivity index (χ0v) is 15.0. The molecule has 3 saturated carbocycles. The minimum atomic E-state index is -0.589. The molecule has 3 fully saturated rings. The lowest BCUT2D eigenvalue weighted by atomic mass is 9.44. The van der Waals surface area contributed by atoms with Gasteiger partial charge in [-0.05, 0) is 42.9 Å². The summed E-state index contributed by atoms with van der Waals surface area (Å²) >= 11 is 0. The quantitative estimate of drug-likeness (QED) is 0.729. The van der Waals surface area contributed by atoms with Crippen LogP contribution >= 0.6 is 0 Å². The highest BCUT2D eigenvalue weighted by atomic mass is 16.3. The molecule has 0 unspecified atom stereocenters. The average molecular weight is 320 g/mol. The lowest BCUT2D eigenvalue weighted by Gasteiger charge is -2.61. The molecule has 3 heteroatoms. The molecule has 0 amide bonds. The minimum Gasteiger partial charge on any atom is -0.392 e. The third kappa shape index (κ3) is 1.99. The first-order chi connectivity index (χ1) is 10.6. The van der Waals surface area contributed by atoms with Gasteiger partial charge in [-0.2, -0.15) is 0 Å². The maximum atomic E-state index is 12.8. The number of carbonyl (C=O) groups is 1. The molecular weight excluding hydrogens is 288 g/mol. The van der Waals surface area contributed by atoms with Crippen LogP contribution in [-0.2, 0) is 4.79 Å². The van der Waals surface area contributed by atoms with E-state index in [1.807, 2.05) is 13.0 Å². The standard InChI is InChI=1S/C20H32O3/c1-6-18(4)11-15(22)19(5)12(2)7-9-20(13(3)17(18)23)10-8-14(21)16(19)20/h6,12-13,15-17,22-23H,1,7-11H2,2-5H3/t12-,13+,15-,16-,17+,18-,19+,20+/m1/s1. The van der Waals surface area contributed by atoms with Crippen LogP contribution in [0.15, 0.2) is 12.7 Å². The monoisotopic (exact) mass is 320 g/mol. The van der Waals surface area contributed by atoms with Crippen LogP contribution in [0.2, 0.25) is 0 Å². The van der Waals surface area contributed by atoms with Crippen molar-refractivity contribution in [2.24, 2.45) is 34.0 Å². The van der Waals surface area contributed by atoms with E-state index in [0.717, 1.165) is 19.3 Å². The van der Waals surface area contributed by atoms with Crippen molar-refractivity contribution in [2.75, 3.05) is 0 Å². The Balaban J connectivity index is 2.21. The number of hydrogen-bond acceptors (Lipinski definition) is 3. The molecule has 0 radical (unpaired) electrons. The van der Waals surface area contributed by atoms with Gasteiger partial charge in [0.25, 0.3) is 0 Å². The third-order valence-electron chi connectivity index (χ3n) is 8.33. The largest absolute Gasteiger partial charge is 0.392 e. The second-order valence-corrected chi connectivity index (χ2v) is 9.10. The molecule has 0 spiro atoms. The second kappa shape index (κ2) is 5.16. The van der Waals surface area contributed by atoms with Gasteiger partial charge in [-0.1, -0.05) is 33.8 Å². The van der Waals surface area contributed by atoms with Gasteiger partial charge in [0, 0.05) is 23.2 Å². The van der Waals surface area contributed by atoms with Crippen LogP contribution < -0.4 is 0 Å². The Labute approximate surface area is 140 Å². The summed E-state index contributed by atoms with van der Waals surface area (Å²) in [5.41, 5.74) is -1.07. The van der Waals surface area contributed by atoms with Crippen LogP contribution in [0.4, 0.5) is 0 Å². The van der Waals surface area contributed by atoms with E-state index in [-0.39, 0.29) is 17.3 Å². The molecule has 3 aliphatic rings. The molecule has 0 aliphatic heterocycles. The first-order valence-electron chi connectivity index (χ1n) is 9.16. The zero-order chi connectivity index (χ0) is 17.2. The maximum absolute atomic E-state index is 12.8. The summed E-state index contributed by atoms with van der Waals surface area (Å²) in [5, 5.41) is 22.3. The molecule has 0 aromatic carbocycles. The summed E-state index contributed by atoms with van der Waals surface area (Å²) in [6.07, 6.45) is 4.60. The van der Waals surface area contributed by atoms with Crippen LogP contribution in [0, 0.1) is 34.0 Å². The molecular formula is C20H32O3. The summed E-state index contributed by atoms with van der Waals surface area (Å²) in [6, 6.07) is 0. The van der Waals surface area contributed by atoms with Gasteiger partial charge in [-0.3, -0.25) is 4.79 Å². The summed E-state index contributed by atoms with van der Waals surface area (Å²) in [6.45, 7) is 12.4. The molecule has 0 aromatic rings. The maximum Gasteiger partial charge on any atom is 0.137 e. The van der Waals surface area contributed by atoms with Gasteiger partial charge < -0.3 is 10.2 Å². The number of hydrogen-bond donors (Lipinski definition) is 2. The Morgan fingerprint density at radius 1 is 1.22 bits per heavy atom. The Bertz CT molecular complexity index is 529. The molecule has 0 aromatic heterocycles. The molecule has 8 atom stereocenters. The van der Waals surface area contributed by atoms with Gasteiger partial charge in [0.15, 0.2) is 0 Å². The van der Waals surface area contributed by atoms with Crippen molar-refractivity contribution in [1.82, 2.24) is 0 Å². The van der Waals surface area contributed by atoms with Gasteiger partial charge in [0.1, 0.15) is 5.78 Å². The molecule has 3 nitrogen and oxygen atoms in total. The van der Waals surface area contributed by atoms with E-state index in [4.69, 9.17) is 0 Å². The SMILES string of the molecule is C=C[C@]1(C)C[C@@H](O)[C@]2(C)[C@H](C)CC[C@]3(CCC(=O)[C@@H]32)[C@@H](C)[C@@H]1O. The van der Waals surface area contributed by atoms with Gasteiger partial charge in [0.05, 0.1) is 12.2 Å². The number of Topliss-reactive ketones (excluding diaryl/α,β-unsaturated/α-hetero) is 1. The van der Waals surface area contributed by atoms with Crippen molar-refractivity contribution in [1.29, 1.82) is 0 Å². The van der Waals surface area contributed by atoms with Gasteiger partial charge in [-0.25, -0.2) is 0 Å². The van der Waals surface area contributed by atoms with Crippen LogP contribution in [0.1, 0.15) is 59.8 Å². The lowest BCUT2D eigenvalue weighted by molar-refractivity contribution is -0.191. The molecule has 2 N–H and O–H groups in total. The molecule has 2 bridgehead atoms. The van der Waals surface area contributed by atoms with E-state index in [1.54, 1.807) is 0 Å². The topological polar surface area (TPSA) is 57.5 Å². The van der Waals surface area contributed by atoms with Crippen molar-refractivity contribution in [3.05, 3.63) is 12.7 Å². The Morgan fingerprint density at radius 2 is 1.87 bits per heavy atom. The fraction of sp³-hybridized carbons (Fsp3) is 0.850. The molecule has 0 heterocycles. The van der Waals surface area contributed by atoms with Gasteiger partial charge >= 0.3 is 0 Å². The minimum absolute atomic E-state index is 0.0428. The molecule has 23 heavy (non-hydrogen) atoms. The van der Waals surface area contributed by atoms with Crippen LogP contribution in [-0.4, -0.2) is 28.2 Å². The Morgan fingerprint density at radius 3 is 2.48 bits per heavy atom. The van der Waals surface area contributed by atoms with E-state index >= 15 is 0 Å². The van der Waals surface area contributed by atoms with Gasteiger partial charge in [-0.15, -0.1) is 6.58 Å². The van der Waals surface area contributed by atoms with Crippen molar-refractivity contribution in [2.45, 2.75) is 72.0 Å². The highest BCUT2D eigenvalue weighted by Crippen LogP contribution is 2.67. The number of rotatable bonds is 1. The van der Waals surface area contributed by atoms with E-state index < -0.39 is 23.0 Å². The summed E-state index contributed by atoms with van der Waals surface area (Å²) in [4.78, 5) is 12.8. The molecule has 3 rings (SSSR count). The first kappa shape index (κ1) is 17.2. The first-order valence-corrected chi connectivity index (χ1v) is 9.16. The summed E-state index contributed by atoms with van der Waals surface area (Å²) < 4.78 is 0. The predicted octanol–water partition coefficient (Wildman–Crippen LogP) is 3.34. The summed E-state index contributed by atoms with van der Waals surface area (Å²) in [5.74, 6) is 0.544. The number of carbonyl (C=O) groups excluding carboxylic acids is 1. The summed E-state index contributed by atoms with van der Waals surface area (Å²) in [7, 11) is 0. The normalized spacial score (nSPS) is 56.6. The fourth-order valence-electron chi connectivity index (χ4n) is 6.37. The smallest absolute Gasteiger partial charge is 0.137 e. The van der Waals surface area contributed by atoms with Gasteiger partial charge in [0.2, 0.25) is 0 Å². The van der Waals surface area contributed by atoms with Crippen molar-refractivity contribution >= 4 is 5.78 Å². The molecule has 130 valence electrons. The van der Waals surface area contributed by atoms with E-state index in [0.29, 0.717) is 24.5 Å². The van der Waals surface area contributed by atoms with Crippen molar-refractivity contribution in [3.63, 3.8) is 0 Å². The second-order valence-electron chi connectivity index (χ2n) is 9.10. The number of aliphatic hydroxyl groups is 2. The molecule has 3 aliphatic carbocycles. The highest BCUT2D eigenvalue weighted by Gasteiger charge is 2.67. The average Bonchev–Trinajstić information content (AvgIpc) is 2.87. The van der Waals surface area contributed by atoms with E-state index in [9.17, 15) is 15.0 Å². The van der Waals surface area contributed by atoms with Crippen LogP contribution in [0.3, 0.4) is 0 Å². The van der Waals surface area contributed by atoms with Crippen molar-refractivity contribution < 1.29 is 15.0 Å². The Kier molecular flexibility index (Phi) is 3.85. The van der Waals surface area contributed by atoms with Crippen molar-refractivity contribution in [3.8, 4) is 0 Å². The van der Waals surface area contributed by atoms with E-state index in [2.05, 4.69) is 27.4 Å². The van der Waals surface area contributed by atoms with E-state index in [1.165, 1.54) is 0 Å².